The van der Waals surface area contributed by atoms with Crippen LogP contribution in [-0.2, 0) is 0 Å². The zero-order chi connectivity index (χ0) is 12.8. The normalized spacial score (nSPS) is 12.5. The highest BCUT2D eigenvalue weighted by atomic mass is 16.5. The van der Waals surface area contributed by atoms with Gasteiger partial charge in [0.15, 0.2) is 5.82 Å². The van der Waals surface area contributed by atoms with Gasteiger partial charge in [0, 0.05) is 6.54 Å². The Labute approximate surface area is 99.7 Å². The number of nitrogens with one attached hydrogen (secondary N) is 1. The van der Waals surface area contributed by atoms with Crippen LogP contribution in [0.4, 0.5) is 11.5 Å². The summed E-state index contributed by atoms with van der Waals surface area (Å²) >= 11 is 0. The Morgan fingerprint density at radius 1 is 1.47 bits per heavy atom. The quantitative estimate of drug-likeness (QED) is 0.537. The first-order valence-corrected chi connectivity index (χ1v) is 5.34. The fraction of sp³-hybridized carbons (Fsp3) is 0.600. The number of nitrogens with two attached hydrogens (primary N) is 1. The Bertz CT molecular complexity index is 359. The molecule has 7 nitrogen and oxygen atoms in total. The molecule has 0 bridgehead atoms. The lowest BCUT2D eigenvalue weighted by Crippen LogP contribution is -2.24. The molecule has 0 radical (unpaired) electrons. The van der Waals surface area contributed by atoms with Crippen molar-refractivity contribution >= 4 is 11.5 Å². The summed E-state index contributed by atoms with van der Waals surface area (Å²) in [5.74, 6) is 0.680. The molecule has 1 aromatic rings. The number of nitrogens with zero attached hydrogens (tertiary/aromatic N) is 2. The van der Waals surface area contributed by atoms with Gasteiger partial charge in [-0.25, -0.2) is 4.98 Å². The zero-order valence-electron chi connectivity index (χ0n) is 9.92. The molecule has 0 fully saturated rings. The van der Waals surface area contributed by atoms with Crippen LogP contribution < -0.4 is 15.8 Å². The molecule has 0 aliphatic heterocycles. The van der Waals surface area contributed by atoms with Crippen LogP contribution in [0.3, 0.4) is 0 Å². The highest BCUT2D eigenvalue weighted by Gasteiger charge is 2.11. The Morgan fingerprint density at radius 3 is 2.76 bits per heavy atom. The van der Waals surface area contributed by atoms with E-state index in [2.05, 4.69) is 15.3 Å². The van der Waals surface area contributed by atoms with E-state index in [1.165, 1.54) is 6.33 Å². The molecule has 0 aromatic carbocycles. The van der Waals surface area contributed by atoms with Crippen LogP contribution in [-0.4, -0.2) is 45.5 Å². The molecule has 0 saturated heterocycles. The standard InChI is InChI=1S/C10H18N4O3/c1-6(2)17-10-8(11)9(13-5-14-10)12-3-7(16)4-15/h5-7,15-16H,3-4,11H2,1-2H3,(H,12,13,14). The molecule has 1 unspecified atom stereocenters. The van der Waals surface area contributed by atoms with E-state index in [1.54, 1.807) is 0 Å². The maximum Gasteiger partial charge on any atom is 0.242 e. The largest absolute Gasteiger partial charge is 0.473 e. The second-order valence-electron chi connectivity index (χ2n) is 3.83. The van der Waals surface area contributed by atoms with E-state index in [9.17, 15) is 5.11 Å². The highest BCUT2D eigenvalue weighted by Crippen LogP contribution is 2.25. The minimum Gasteiger partial charge on any atom is -0.473 e. The number of aliphatic hydroxyl groups is 2. The number of aromatic nitrogens is 2. The smallest absolute Gasteiger partial charge is 0.242 e. The minimum absolute atomic E-state index is 0.0388. The summed E-state index contributed by atoms with van der Waals surface area (Å²) < 4.78 is 5.39. The third-order valence-corrected chi connectivity index (χ3v) is 1.91. The van der Waals surface area contributed by atoms with Gasteiger partial charge in [0.25, 0.3) is 0 Å². The summed E-state index contributed by atoms with van der Waals surface area (Å²) in [6, 6.07) is 0. The van der Waals surface area contributed by atoms with Gasteiger partial charge in [-0.15, -0.1) is 0 Å². The number of nitrogen functional groups attached to an aromatic ring is 1. The van der Waals surface area contributed by atoms with Crippen molar-refractivity contribution in [3.8, 4) is 5.88 Å². The van der Waals surface area contributed by atoms with Gasteiger partial charge in [-0.2, -0.15) is 4.98 Å². The van der Waals surface area contributed by atoms with E-state index in [4.69, 9.17) is 15.6 Å². The number of ether oxygens (including phenoxy) is 1. The lowest BCUT2D eigenvalue weighted by molar-refractivity contribution is 0.105. The van der Waals surface area contributed by atoms with E-state index >= 15 is 0 Å². The fourth-order valence-corrected chi connectivity index (χ4v) is 1.12. The maximum absolute atomic E-state index is 9.20. The molecule has 1 aromatic heterocycles. The summed E-state index contributed by atoms with van der Waals surface area (Å²) in [6.07, 6.45) is 0.420. The lowest BCUT2D eigenvalue weighted by Gasteiger charge is -2.14. The molecule has 0 aliphatic carbocycles. The molecule has 7 heteroatoms. The van der Waals surface area contributed by atoms with Crippen molar-refractivity contribution in [1.29, 1.82) is 0 Å². The number of anilines is 2. The van der Waals surface area contributed by atoms with Crippen LogP contribution in [0.15, 0.2) is 6.33 Å². The second kappa shape index (κ2) is 6.21. The first kappa shape index (κ1) is 13.5. The topological polar surface area (TPSA) is 114 Å². The van der Waals surface area contributed by atoms with Gasteiger partial charge in [-0.1, -0.05) is 0 Å². The van der Waals surface area contributed by atoms with Gasteiger partial charge in [-0.3, -0.25) is 0 Å². The molecule has 0 amide bonds. The molecular weight excluding hydrogens is 224 g/mol. The molecule has 1 rings (SSSR count). The van der Waals surface area contributed by atoms with Crippen molar-refractivity contribution < 1.29 is 14.9 Å². The third kappa shape index (κ3) is 4.04. The molecule has 96 valence electrons. The average Bonchev–Trinajstić information content (AvgIpc) is 2.29. The van der Waals surface area contributed by atoms with Crippen LogP contribution in [0.5, 0.6) is 5.88 Å². The summed E-state index contributed by atoms with van der Waals surface area (Å²) in [5, 5.41) is 20.7. The van der Waals surface area contributed by atoms with Crippen LogP contribution >= 0.6 is 0 Å². The van der Waals surface area contributed by atoms with Crippen molar-refractivity contribution in [2.75, 3.05) is 24.2 Å². The number of rotatable bonds is 6. The number of hydrogen-bond acceptors (Lipinski definition) is 7. The average molecular weight is 242 g/mol. The second-order valence-corrected chi connectivity index (χ2v) is 3.83. The molecule has 17 heavy (non-hydrogen) atoms. The van der Waals surface area contributed by atoms with Crippen LogP contribution in [0.2, 0.25) is 0 Å². The molecule has 0 spiro atoms. The Kier molecular flexibility index (Phi) is 4.92. The molecule has 5 N–H and O–H groups in total. The molecule has 1 heterocycles. The van der Waals surface area contributed by atoms with Gasteiger partial charge in [-0.05, 0) is 13.8 Å². The van der Waals surface area contributed by atoms with Crippen LogP contribution in [0.25, 0.3) is 0 Å². The summed E-state index contributed by atoms with van der Waals surface area (Å²) in [4.78, 5) is 7.85. The van der Waals surface area contributed by atoms with Gasteiger partial charge in [0.05, 0.1) is 18.8 Å². The van der Waals surface area contributed by atoms with E-state index in [-0.39, 0.29) is 24.9 Å². The van der Waals surface area contributed by atoms with Gasteiger partial charge < -0.3 is 26.0 Å². The molecule has 1 atom stereocenters. The van der Waals surface area contributed by atoms with Crippen molar-refractivity contribution in [2.24, 2.45) is 0 Å². The first-order chi connectivity index (χ1) is 8.04. The monoisotopic (exact) mass is 242 g/mol. The Hall–Kier alpha value is -1.60. The highest BCUT2D eigenvalue weighted by molar-refractivity contribution is 5.66. The third-order valence-electron chi connectivity index (χ3n) is 1.91. The SMILES string of the molecule is CC(C)Oc1ncnc(NCC(O)CO)c1N. The first-order valence-electron chi connectivity index (χ1n) is 5.34. The van der Waals surface area contributed by atoms with Gasteiger partial charge in [0.2, 0.25) is 5.88 Å². The van der Waals surface area contributed by atoms with Crippen molar-refractivity contribution in [3.05, 3.63) is 6.33 Å². The predicted octanol–water partition coefficient (Wildman–Crippen LogP) is -0.389. The van der Waals surface area contributed by atoms with Crippen molar-refractivity contribution in [1.82, 2.24) is 9.97 Å². The lowest BCUT2D eigenvalue weighted by atomic mass is 10.3. The maximum atomic E-state index is 9.20. The molecular formula is C10H18N4O3. The number of aliphatic hydroxyl groups excluding tert-OH is 2. The molecule has 0 saturated carbocycles. The van der Waals surface area contributed by atoms with E-state index < -0.39 is 6.10 Å². The summed E-state index contributed by atoms with van der Waals surface area (Å²) in [7, 11) is 0. The Balaban J connectivity index is 2.72. The summed E-state index contributed by atoms with van der Waals surface area (Å²) in [6.45, 7) is 3.56. The summed E-state index contributed by atoms with van der Waals surface area (Å²) in [5.41, 5.74) is 6.09. The van der Waals surface area contributed by atoms with E-state index in [1.807, 2.05) is 13.8 Å². The van der Waals surface area contributed by atoms with E-state index in [0.717, 1.165) is 0 Å². The van der Waals surface area contributed by atoms with Gasteiger partial charge >= 0.3 is 0 Å². The van der Waals surface area contributed by atoms with Gasteiger partial charge in [0.1, 0.15) is 12.0 Å². The van der Waals surface area contributed by atoms with E-state index in [0.29, 0.717) is 11.7 Å². The van der Waals surface area contributed by atoms with Crippen LogP contribution in [0.1, 0.15) is 13.8 Å². The van der Waals surface area contributed by atoms with Crippen molar-refractivity contribution in [3.63, 3.8) is 0 Å². The predicted molar refractivity (Wildman–Crippen MR) is 63.8 cm³/mol. The van der Waals surface area contributed by atoms with Crippen LogP contribution in [0, 0.1) is 0 Å². The van der Waals surface area contributed by atoms with Crippen molar-refractivity contribution in [2.45, 2.75) is 26.1 Å². The minimum atomic E-state index is -0.862. The fourth-order valence-electron chi connectivity index (χ4n) is 1.12. The molecule has 0 aliphatic rings. The zero-order valence-corrected chi connectivity index (χ0v) is 9.92. The Morgan fingerprint density at radius 2 is 2.18 bits per heavy atom. The number of hydrogen-bond donors (Lipinski definition) is 4.